The van der Waals surface area contributed by atoms with Gasteiger partial charge in [-0.25, -0.2) is 9.59 Å². The van der Waals surface area contributed by atoms with Crippen molar-refractivity contribution >= 4 is 44.9 Å². The van der Waals surface area contributed by atoms with Crippen LogP contribution in [0.25, 0.3) is 43.8 Å². The molecular formula is C40H28N2O6. The topological polar surface area (TPSA) is 145 Å². The number of aromatic carboxylic acids is 2. The number of carboxylic acids is 2. The Balaban J connectivity index is 1.26. The van der Waals surface area contributed by atoms with Crippen molar-refractivity contribution in [2.24, 2.45) is 0 Å². The molecule has 7 rings (SSSR count). The van der Waals surface area contributed by atoms with Crippen LogP contribution >= 0.6 is 0 Å². The van der Waals surface area contributed by atoms with Crippen molar-refractivity contribution in [1.29, 1.82) is 0 Å². The van der Waals surface area contributed by atoms with E-state index in [2.05, 4.69) is 24.3 Å². The zero-order chi connectivity index (χ0) is 33.4. The second kappa shape index (κ2) is 12.2. The summed E-state index contributed by atoms with van der Waals surface area (Å²) in [6.07, 6.45) is 0. The molecule has 6 N–H and O–H groups in total. The highest BCUT2D eigenvalue weighted by atomic mass is 16.5. The third-order valence-electron chi connectivity index (χ3n) is 8.20. The Labute approximate surface area is 275 Å². The van der Waals surface area contributed by atoms with E-state index in [-0.39, 0.29) is 22.5 Å². The molecule has 48 heavy (non-hydrogen) atoms. The van der Waals surface area contributed by atoms with E-state index in [4.69, 9.17) is 20.9 Å². The Bertz CT molecular complexity index is 2140. The van der Waals surface area contributed by atoms with Gasteiger partial charge in [-0.3, -0.25) is 0 Å². The number of benzene rings is 7. The zero-order valence-corrected chi connectivity index (χ0v) is 25.4. The van der Waals surface area contributed by atoms with Crippen molar-refractivity contribution in [3.05, 3.63) is 145 Å². The lowest BCUT2D eigenvalue weighted by Crippen LogP contribution is -2.02. The summed E-state index contributed by atoms with van der Waals surface area (Å²) in [5.41, 5.74) is 16.1. The molecule has 234 valence electrons. The molecule has 7 aromatic carbocycles. The molecule has 0 heterocycles. The lowest BCUT2D eigenvalue weighted by molar-refractivity contribution is 0.0687. The molecule has 7 aromatic rings. The average molecular weight is 633 g/mol. The maximum Gasteiger partial charge on any atom is 0.337 e. The number of hydrogen-bond acceptors (Lipinski definition) is 6. The van der Waals surface area contributed by atoms with Crippen LogP contribution in [0.1, 0.15) is 20.7 Å². The van der Waals surface area contributed by atoms with E-state index in [0.717, 1.165) is 43.8 Å². The second-order valence-electron chi connectivity index (χ2n) is 11.2. The van der Waals surface area contributed by atoms with E-state index in [1.165, 1.54) is 24.3 Å². The van der Waals surface area contributed by atoms with E-state index in [9.17, 15) is 19.8 Å². The first-order valence-electron chi connectivity index (χ1n) is 15.0. The van der Waals surface area contributed by atoms with E-state index in [1.54, 1.807) is 12.1 Å². The fourth-order valence-electron chi connectivity index (χ4n) is 5.97. The number of nitrogens with two attached hydrogens (primary N) is 2. The predicted molar refractivity (Wildman–Crippen MR) is 188 cm³/mol. The van der Waals surface area contributed by atoms with Gasteiger partial charge in [-0.15, -0.1) is 0 Å². The lowest BCUT2D eigenvalue weighted by atomic mass is 9.86. The Morgan fingerprint density at radius 2 is 0.750 bits per heavy atom. The average Bonchev–Trinajstić information content (AvgIpc) is 3.09. The smallest absolute Gasteiger partial charge is 0.337 e. The van der Waals surface area contributed by atoms with E-state index in [0.29, 0.717) is 23.0 Å². The first-order chi connectivity index (χ1) is 23.3. The molecule has 0 aliphatic rings. The highest BCUT2D eigenvalue weighted by Gasteiger charge is 2.17. The fraction of sp³-hybridized carbons (Fsp3) is 0. The van der Waals surface area contributed by atoms with Crippen molar-refractivity contribution in [3.8, 4) is 45.3 Å². The van der Waals surface area contributed by atoms with Gasteiger partial charge in [0.2, 0.25) is 0 Å². The van der Waals surface area contributed by atoms with Crippen molar-refractivity contribution in [2.45, 2.75) is 0 Å². The van der Waals surface area contributed by atoms with Crippen molar-refractivity contribution in [2.75, 3.05) is 11.5 Å². The summed E-state index contributed by atoms with van der Waals surface area (Å²) in [5.74, 6) is -0.354. The van der Waals surface area contributed by atoms with Crippen LogP contribution in [0.2, 0.25) is 0 Å². The van der Waals surface area contributed by atoms with Crippen molar-refractivity contribution in [1.82, 2.24) is 0 Å². The minimum Gasteiger partial charge on any atom is -0.478 e. The van der Waals surface area contributed by atoms with Crippen LogP contribution in [0.4, 0.5) is 11.4 Å². The number of fused-ring (bicyclic) bond motifs is 2. The van der Waals surface area contributed by atoms with Gasteiger partial charge in [-0.2, -0.15) is 0 Å². The summed E-state index contributed by atoms with van der Waals surface area (Å²) in [5, 5.41) is 23.1. The second-order valence-corrected chi connectivity index (χ2v) is 11.2. The van der Waals surface area contributed by atoms with Gasteiger partial charge in [-0.1, -0.05) is 72.8 Å². The van der Waals surface area contributed by atoms with Crippen molar-refractivity contribution in [3.63, 3.8) is 0 Å². The maximum absolute atomic E-state index is 11.5. The summed E-state index contributed by atoms with van der Waals surface area (Å²) < 4.78 is 11.9. The minimum absolute atomic E-state index is 0.0135. The van der Waals surface area contributed by atoms with Gasteiger partial charge in [0.25, 0.3) is 0 Å². The van der Waals surface area contributed by atoms with Gasteiger partial charge in [0.05, 0.1) is 11.1 Å². The predicted octanol–water partition coefficient (Wildman–Crippen LogP) is 9.47. The molecule has 8 nitrogen and oxygen atoms in total. The van der Waals surface area contributed by atoms with Gasteiger partial charge in [0.15, 0.2) is 0 Å². The first-order valence-corrected chi connectivity index (χ1v) is 15.0. The summed E-state index contributed by atoms with van der Waals surface area (Å²) in [6.45, 7) is 0. The van der Waals surface area contributed by atoms with Crippen LogP contribution in [-0.2, 0) is 0 Å². The standard InChI is InChI=1S/C40H28N2O6/c41-35-19-17-27(21-33(35)39(43)44)47-25-13-9-23(10-14-25)37-29-5-1-2-6-30(29)38(32-8-4-3-7-31(32)37)24-11-15-26(16-12-24)48-28-18-20-36(42)34(22-28)40(45)46/h1-22H,41-42H2,(H,43,44)(H,45,46). The molecule has 0 aromatic heterocycles. The van der Waals surface area contributed by atoms with Crippen molar-refractivity contribution < 1.29 is 29.3 Å². The third-order valence-corrected chi connectivity index (χ3v) is 8.20. The molecule has 0 atom stereocenters. The van der Waals surface area contributed by atoms with Gasteiger partial charge in [-0.05, 0) is 104 Å². The van der Waals surface area contributed by atoms with Gasteiger partial charge >= 0.3 is 11.9 Å². The van der Waals surface area contributed by atoms with Gasteiger partial charge < -0.3 is 31.2 Å². The quantitative estimate of drug-likeness (QED) is 0.0957. The third kappa shape index (κ3) is 5.59. The monoisotopic (exact) mass is 632 g/mol. The number of carboxylic acid groups (broad SMARTS) is 2. The SMILES string of the molecule is Nc1ccc(Oc2ccc(-c3c4ccccc4c(-c4ccc(Oc5ccc(N)c(C(=O)O)c5)cc4)c4ccccc34)cc2)cc1C(=O)O. The fourth-order valence-corrected chi connectivity index (χ4v) is 5.97. The van der Waals surface area contributed by atoms with Crippen LogP contribution in [0.5, 0.6) is 23.0 Å². The molecule has 0 saturated heterocycles. The van der Waals surface area contributed by atoms with Crippen LogP contribution in [-0.4, -0.2) is 22.2 Å². The molecule has 0 saturated carbocycles. The molecule has 0 aliphatic heterocycles. The number of carbonyl (C=O) groups is 2. The number of ether oxygens (including phenoxy) is 2. The summed E-state index contributed by atoms with van der Waals surface area (Å²) >= 11 is 0. The van der Waals surface area contributed by atoms with Gasteiger partial charge in [0.1, 0.15) is 23.0 Å². The Kier molecular flexibility index (Phi) is 7.59. The molecule has 0 amide bonds. The Hall–Kier alpha value is -6.80. The molecule has 8 heteroatoms. The lowest BCUT2D eigenvalue weighted by Gasteiger charge is -2.18. The normalized spacial score (nSPS) is 11.0. The Morgan fingerprint density at radius 1 is 0.438 bits per heavy atom. The number of rotatable bonds is 8. The number of hydrogen-bond donors (Lipinski definition) is 4. The van der Waals surface area contributed by atoms with Crippen LogP contribution in [0, 0.1) is 0 Å². The molecule has 0 aliphatic carbocycles. The van der Waals surface area contributed by atoms with Crippen LogP contribution in [0.3, 0.4) is 0 Å². The van der Waals surface area contributed by atoms with Gasteiger partial charge in [0, 0.05) is 11.4 Å². The minimum atomic E-state index is -1.12. The maximum atomic E-state index is 11.5. The molecule has 0 radical (unpaired) electrons. The molecule has 0 unspecified atom stereocenters. The van der Waals surface area contributed by atoms with Crippen LogP contribution in [0.15, 0.2) is 133 Å². The number of anilines is 2. The molecular weight excluding hydrogens is 604 g/mol. The van der Waals surface area contributed by atoms with E-state index in [1.807, 2.05) is 72.8 Å². The van der Waals surface area contributed by atoms with E-state index >= 15 is 0 Å². The molecule has 0 fully saturated rings. The van der Waals surface area contributed by atoms with Crippen LogP contribution < -0.4 is 20.9 Å². The molecule has 0 spiro atoms. The first kappa shape index (κ1) is 29.9. The highest BCUT2D eigenvalue weighted by Crippen LogP contribution is 2.44. The summed E-state index contributed by atoms with van der Waals surface area (Å²) in [4.78, 5) is 23.0. The summed E-state index contributed by atoms with van der Waals surface area (Å²) in [6, 6.07) is 41.2. The highest BCUT2D eigenvalue weighted by molar-refractivity contribution is 6.21. The van der Waals surface area contributed by atoms with E-state index < -0.39 is 11.9 Å². The number of nitrogen functional groups attached to an aromatic ring is 2. The Morgan fingerprint density at radius 3 is 1.06 bits per heavy atom. The summed E-state index contributed by atoms with van der Waals surface area (Å²) in [7, 11) is 0. The largest absolute Gasteiger partial charge is 0.478 e. The molecule has 0 bridgehead atoms. The zero-order valence-electron chi connectivity index (χ0n) is 25.4.